The van der Waals surface area contributed by atoms with Gasteiger partial charge in [0.1, 0.15) is 5.75 Å². The van der Waals surface area contributed by atoms with Gasteiger partial charge in [0.05, 0.1) is 17.4 Å². The number of aromatic amines is 1. The van der Waals surface area contributed by atoms with Crippen LogP contribution in [0.4, 0.5) is 11.4 Å². The molecule has 0 fully saturated rings. The number of carbonyl (C=O) groups excluding carboxylic acids is 1. The largest absolute Gasteiger partial charge is 0.497 e. The SMILES string of the molecule is COc1ccc(NS(=O)(=O)c2cccc(NC(=O)c3n[nH]c(=O)c4ccccc34)c2)cc1. The highest BCUT2D eigenvalue weighted by Crippen LogP contribution is 2.22. The Morgan fingerprint density at radius 1 is 0.938 bits per heavy atom. The number of methoxy groups -OCH3 is 1. The normalized spacial score (nSPS) is 11.2. The smallest absolute Gasteiger partial charge is 0.276 e. The van der Waals surface area contributed by atoms with Crippen molar-refractivity contribution >= 4 is 38.1 Å². The summed E-state index contributed by atoms with van der Waals surface area (Å²) in [6.07, 6.45) is 0. The number of nitrogens with zero attached hydrogens (tertiary/aromatic N) is 1. The number of rotatable bonds is 6. The predicted molar refractivity (Wildman–Crippen MR) is 121 cm³/mol. The second-order valence-electron chi connectivity index (χ2n) is 6.76. The highest BCUT2D eigenvalue weighted by molar-refractivity contribution is 7.92. The third-order valence-electron chi connectivity index (χ3n) is 4.66. The number of anilines is 2. The van der Waals surface area contributed by atoms with Crippen molar-refractivity contribution in [2.75, 3.05) is 17.1 Å². The first kappa shape index (κ1) is 21.1. The number of hydrogen-bond acceptors (Lipinski definition) is 6. The van der Waals surface area contributed by atoms with E-state index in [0.29, 0.717) is 22.2 Å². The van der Waals surface area contributed by atoms with Crippen LogP contribution in [-0.2, 0) is 10.0 Å². The molecule has 0 aliphatic carbocycles. The summed E-state index contributed by atoms with van der Waals surface area (Å²) in [6.45, 7) is 0. The molecule has 10 heteroatoms. The first-order valence-electron chi connectivity index (χ1n) is 9.43. The highest BCUT2D eigenvalue weighted by atomic mass is 32.2. The van der Waals surface area contributed by atoms with Crippen molar-refractivity contribution in [3.63, 3.8) is 0 Å². The molecule has 3 aromatic carbocycles. The van der Waals surface area contributed by atoms with E-state index in [1.165, 1.54) is 25.3 Å². The number of hydrogen-bond donors (Lipinski definition) is 3. The first-order valence-corrected chi connectivity index (χ1v) is 10.9. The van der Waals surface area contributed by atoms with E-state index in [9.17, 15) is 18.0 Å². The van der Waals surface area contributed by atoms with Crippen molar-refractivity contribution < 1.29 is 17.9 Å². The molecular weight excluding hydrogens is 432 g/mol. The van der Waals surface area contributed by atoms with Gasteiger partial charge in [0, 0.05) is 16.8 Å². The molecule has 1 heterocycles. The van der Waals surface area contributed by atoms with Gasteiger partial charge in [-0.25, -0.2) is 13.5 Å². The molecule has 0 aliphatic rings. The minimum absolute atomic E-state index is 0.0184. The maximum Gasteiger partial charge on any atom is 0.276 e. The molecule has 4 aromatic rings. The Hall–Kier alpha value is -4.18. The second-order valence-corrected chi connectivity index (χ2v) is 8.45. The average Bonchev–Trinajstić information content (AvgIpc) is 2.80. The zero-order chi connectivity index (χ0) is 22.7. The van der Waals surface area contributed by atoms with Gasteiger partial charge in [-0.15, -0.1) is 0 Å². The summed E-state index contributed by atoms with van der Waals surface area (Å²) in [5.41, 5.74) is 0.230. The molecule has 0 spiro atoms. The van der Waals surface area contributed by atoms with Crippen LogP contribution in [0.2, 0.25) is 0 Å². The number of sulfonamides is 1. The van der Waals surface area contributed by atoms with Crippen LogP contribution in [0.15, 0.2) is 82.5 Å². The lowest BCUT2D eigenvalue weighted by molar-refractivity contribution is 0.102. The van der Waals surface area contributed by atoms with Crippen molar-refractivity contribution in [1.82, 2.24) is 10.2 Å². The van der Waals surface area contributed by atoms with Crippen LogP contribution in [-0.4, -0.2) is 31.6 Å². The van der Waals surface area contributed by atoms with Crippen LogP contribution in [0.5, 0.6) is 5.75 Å². The zero-order valence-electron chi connectivity index (χ0n) is 16.8. The van der Waals surface area contributed by atoms with Crippen LogP contribution in [0.25, 0.3) is 10.8 Å². The molecule has 1 amide bonds. The molecule has 1 aromatic heterocycles. The minimum Gasteiger partial charge on any atom is -0.497 e. The number of H-pyrrole nitrogens is 1. The molecule has 3 N–H and O–H groups in total. The highest BCUT2D eigenvalue weighted by Gasteiger charge is 2.17. The van der Waals surface area contributed by atoms with E-state index in [-0.39, 0.29) is 16.3 Å². The Morgan fingerprint density at radius 2 is 1.66 bits per heavy atom. The van der Waals surface area contributed by atoms with E-state index < -0.39 is 21.5 Å². The molecule has 0 radical (unpaired) electrons. The van der Waals surface area contributed by atoms with E-state index in [2.05, 4.69) is 20.2 Å². The Labute approximate surface area is 183 Å². The molecule has 4 rings (SSSR count). The summed E-state index contributed by atoms with van der Waals surface area (Å²) in [7, 11) is -2.38. The van der Waals surface area contributed by atoms with Gasteiger partial charge in [-0.1, -0.05) is 24.3 Å². The number of fused-ring (bicyclic) bond motifs is 1. The number of carbonyl (C=O) groups is 1. The van der Waals surface area contributed by atoms with Crippen molar-refractivity contribution in [2.24, 2.45) is 0 Å². The van der Waals surface area contributed by atoms with Crippen LogP contribution in [0.1, 0.15) is 10.5 Å². The molecule has 0 atom stereocenters. The molecule has 9 nitrogen and oxygen atoms in total. The van der Waals surface area contributed by atoms with Crippen molar-refractivity contribution in [3.8, 4) is 5.75 Å². The monoisotopic (exact) mass is 450 g/mol. The summed E-state index contributed by atoms with van der Waals surface area (Å²) >= 11 is 0. The fraction of sp³-hybridized carbons (Fsp3) is 0.0455. The number of ether oxygens (including phenoxy) is 1. The lowest BCUT2D eigenvalue weighted by atomic mass is 10.1. The van der Waals surface area contributed by atoms with E-state index in [4.69, 9.17) is 4.74 Å². The van der Waals surface area contributed by atoms with Gasteiger partial charge in [0.2, 0.25) is 0 Å². The van der Waals surface area contributed by atoms with E-state index in [1.807, 2.05) is 0 Å². The minimum atomic E-state index is -3.90. The van der Waals surface area contributed by atoms with Crippen LogP contribution >= 0.6 is 0 Å². The molecule has 0 saturated heterocycles. The fourth-order valence-corrected chi connectivity index (χ4v) is 4.20. The third-order valence-corrected chi connectivity index (χ3v) is 6.03. The Balaban J connectivity index is 1.58. The van der Waals surface area contributed by atoms with Crippen molar-refractivity contribution in [3.05, 3.63) is 88.8 Å². The van der Waals surface area contributed by atoms with Gasteiger partial charge in [0.25, 0.3) is 21.5 Å². The van der Waals surface area contributed by atoms with Crippen molar-refractivity contribution in [1.29, 1.82) is 0 Å². The van der Waals surface area contributed by atoms with E-state index in [0.717, 1.165) is 0 Å². The molecule has 32 heavy (non-hydrogen) atoms. The molecule has 0 aliphatic heterocycles. The maximum atomic E-state index is 12.8. The molecule has 0 unspecified atom stereocenters. The van der Waals surface area contributed by atoms with Crippen molar-refractivity contribution in [2.45, 2.75) is 4.90 Å². The molecular formula is C22H18N4O5S. The third kappa shape index (κ3) is 4.30. The average molecular weight is 450 g/mol. The molecule has 0 bridgehead atoms. The number of benzene rings is 3. The summed E-state index contributed by atoms with van der Waals surface area (Å²) in [5.74, 6) is 0.0103. The van der Waals surface area contributed by atoms with E-state index >= 15 is 0 Å². The van der Waals surface area contributed by atoms with Gasteiger partial charge >= 0.3 is 0 Å². The lowest BCUT2D eigenvalue weighted by Crippen LogP contribution is -2.19. The maximum absolute atomic E-state index is 12.8. The quantitative estimate of drug-likeness (QED) is 0.414. The van der Waals surface area contributed by atoms with Crippen LogP contribution < -0.4 is 20.3 Å². The summed E-state index contributed by atoms with van der Waals surface area (Å²) in [4.78, 5) is 24.7. The van der Waals surface area contributed by atoms with Crippen LogP contribution in [0.3, 0.4) is 0 Å². The number of aromatic nitrogens is 2. The Kier molecular flexibility index (Phi) is 5.61. The predicted octanol–water partition coefficient (Wildman–Crippen LogP) is 2.98. The van der Waals surface area contributed by atoms with Gasteiger partial charge in [-0.05, 0) is 48.5 Å². The molecule has 0 saturated carbocycles. The summed E-state index contributed by atoms with van der Waals surface area (Å²) in [6, 6.07) is 18.8. The first-order chi connectivity index (χ1) is 15.4. The van der Waals surface area contributed by atoms with Crippen LogP contribution in [0, 0.1) is 0 Å². The van der Waals surface area contributed by atoms with Gasteiger partial charge in [-0.3, -0.25) is 14.3 Å². The van der Waals surface area contributed by atoms with Gasteiger partial charge < -0.3 is 10.1 Å². The Bertz CT molecular complexity index is 1460. The summed E-state index contributed by atoms with van der Waals surface area (Å²) in [5, 5.41) is 9.50. The lowest BCUT2D eigenvalue weighted by Gasteiger charge is -2.11. The standard InChI is InChI=1S/C22H18N4O5S/c1-31-16-11-9-14(10-12-16)26-32(29,30)17-6-4-5-15(13-17)23-22(28)20-18-7-2-3-8-19(18)21(27)25-24-20/h2-13,26H,1H3,(H,23,28)(H,25,27). The van der Waals surface area contributed by atoms with Gasteiger partial charge in [-0.2, -0.15) is 5.10 Å². The summed E-state index contributed by atoms with van der Waals surface area (Å²) < 4.78 is 33.1. The Morgan fingerprint density at radius 3 is 2.38 bits per heavy atom. The van der Waals surface area contributed by atoms with Gasteiger partial charge in [0.15, 0.2) is 5.69 Å². The zero-order valence-corrected chi connectivity index (χ0v) is 17.6. The topological polar surface area (TPSA) is 130 Å². The second kappa shape index (κ2) is 8.52. The van der Waals surface area contributed by atoms with E-state index in [1.54, 1.807) is 54.6 Å². The number of amides is 1. The fourth-order valence-electron chi connectivity index (χ4n) is 3.09. The molecule has 162 valence electrons. The number of nitrogens with one attached hydrogen (secondary N) is 3.